The van der Waals surface area contributed by atoms with Gasteiger partial charge in [0, 0.05) is 0 Å². The smallest absolute Gasteiger partial charge is 0.336 e. The van der Waals surface area contributed by atoms with Crippen molar-refractivity contribution in [1.82, 2.24) is 0 Å². The molecule has 0 saturated carbocycles. The number of hydrogen-bond acceptors (Lipinski definition) is 3. The highest BCUT2D eigenvalue weighted by atomic mass is 16.4. The minimum Gasteiger partial charge on any atom is -0.504 e. The Balaban J connectivity index is 2.49. The Morgan fingerprint density at radius 3 is 2.21 bits per heavy atom. The van der Waals surface area contributed by atoms with Crippen molar-refractivity contribution in [2.75, 3.05) is 0 Å². The number of phenols is 2. The second kappa shape index (κ2) is 5.27. The maximum Gasteiger partial charge on any atom is 0.336 e. The molecule has 0 aliphatic heterocycles. The Kier molecular flexibility index (Phi) is 3.52. The van der Waals surface area contributed by atoms with Crippen LogP contribution in [0.3, 0.4) is 0 Å². The van der Waals surface area contributed by atoms with Gasteiger partial charge < -0.3 is 15.3 Å². The van der Waals surface area contributed by atoms with E-state index in [1.54, 1.807) is 24.3 Å². The molecule has 3 N–H and O–H groups in total. The van der Waals surface area contributed by atoms with E-state index in [1.807, 2.05) is 6.07 Å². The first kappa shape index (κ1) is 12.7. The average molecular weight is 256 g/mol. The fraction of sp³-hybridized carbons (Fsp3) is 0. The molecule has 0 unspecified atom stereocenters. The third-order valence-electron chi connectivity index (χ3n) is 2.63. The van der Waals surface area contributed by atoms with Gasteiger partial charge in [0.05, 0.1) is 5.57 Å². The summed E-state index contributed by atoms with van der Waals surface area (Å²) in [5, 5.41) is 27.9. The van der Waals surface area contributed by atoms with Gasteiger partial charge in [-0.2, -0.15) is 0 Å². The molecule has 0 fully saturated rings. The van der Waals surface area contributed by atoms with Crippen molar-refractivity contribution in [2.24, 2.45) is 0 Å². The van der Waals surface area contributed by atoms with Gasteiger partial charge in [-0.25, -0.2) is 4.79 Å². The molecular weight excluding hydrogens is 244 g/mol. The molecule has 0 bridgehead atoms. The van der Waals surface area contributed by atoms with Crippen molar-refractivity contribution < 1.29 is 20.1 Å². The first-order chi connectivity index (χ1) is 9.08. The van der Waals surface area contributed by atoms with E-state index in [0.717, 1.165) is 5.56 Å². The average Bonchev–Trinajstić information content (AvgIpc) is 2.40. The third kappa shape index (κ3) is 2.93. The van der Waals surface area contributed by atoms with Gasteiger partial charge in [0.25, 0.3) is 0 Å². The number of carbonyl (C=O) groups is 1. The normalized spacial score (nSPS) is 11.3. The number of rotatable bonds is 3. The second-order valence-electron chi connectivity index (χ2n) is 3.98. The molecule has 4 heteroatoms. The van der Waals surface area contributed by atoms with Crippen LogP contribution in [0.1, 0.15) is 11.1 Å². The molecule has 0 spiro atoms. The van der Waals surface area contributed by atoms with Crippen LogP contribution in [0.4, 0.5) is 0 Å². The summed E-state index contributed by atoms with van der Waals surface area (Å²) in [7, 11) is 0. The van der Waals surface area contributed by atoms with Crippen LogP contribution >= 0.6 is 0 Å². The Morgan fingerprint density at radius 1 is 0.947 bits per heavy atom. The van der Waals surface area contributed by atoms with Crippen LogP contribution in [0.2, 0.25) is 0 Å². The fourth-order valence-corrected chi connectivity index (χ4v) is 1.68. The Hall–Kier alpha value is -2.75. The monoisotopic (exact) mass is 256 g/mol. The van der Waals surface area contributed by atoms with Crippen LogP contribution < -0.4 is 0 Å². The predicted molar refractivity (Wildman–Crippen MR) is 71.7 cm³/mol. The lowest BCUT2D eigenvalue weighted by Gasteiger charge is -2.05. The van der Waals surface area contributed by atoms with E-state index in [0.29, 0.717) is 5.56 Å². The van der Waals surface area contributed by atoms with Crippen molar-refractivity contribution >= 4 is 17.6 Å². The maximum atomic E-state index is 11.3. The minimum atomic E-state index is -1.10. The zero-order chi connectivity index (χ0) is 13.8. The topological polar surface area (TPSA) is 77.8 Å². The summed E-state index contributed by atoms with van der Waals surface area (Å²) in [5.41, 5.74) is 1.11. The summed E-state index contributed by atoms with van der Waals surface area (Å²) >= 11 is 0. The first-order valence-corrected chi connectivity index (χ1v) is 5.60. The second-order valence-corrected chi connectivity index (χ2v) is 3.98. The van der Waals surface area contributed by atoms with Crippen molar-refractivity contribution in [1.29, 1.82) is 0 Å². The SMILES string of the molecule is O=C(O)C(=Cc1ccccc1)c1ccc(O)c(O)c1. The predicted octanol–water partition coefficient (Wildman–Crippen LogP) is 2.72. The van der Waals surface area contributed by atoms with Gasteiger partial charge in [0.1, 0.15) is 0 Å². The molecule has 0 radical (unpaired) electrons. The van der Waals surface area contributed by atoms with Gasteiger partial charge in [-0.1, -0.05) is 36.4 Å². The Bertz CT molecular complexity index is 630. The van der Waals surface area contributed by atoms with E-state index in [-0.39, 0.29) is 17.1 Å². The molecule has 96 valence electrons. The molecule has 2 rings (SSSR count). The minimum absolute atomic E-state index is 0.0431. The molecule has 4 nitrogen and oxygen atoms in total. The van der Waals surface area contributed by atoms with Crippen LogP contribution in [-0.2, 0) is 4.79 Å². The molecule has 0 aromatic heterocycles. The van der Waals surface area contributed by atoms with Gasteiger partial charge in [-0.05, 0) is 29.3 Å². The third-order valence-corrected chi connectivity index (χ3v) is 2.63. The Labute approximate surface area is 109 Å². The van der Waals surface area contributed by atoms with Crippen LogP contribution in [0.25, 0.3) is 11.6 Å². The van der Waals surface area contributed by atoms with E-state index in [2.05, 4.69) is 0 Å². The quantitative estimate of drug-likeness (QED) is 0.448. The van der Waals surface area contributed by atoms with Gasteiger partial charge in [-0.15, -0.1) is 0 Å². The largest absolute Gasteiger partial charge is 0.504 e. The van der Waals surface area contributed by atoms with E-state index < -0.39 is 5.97 Å². The molecule has 2 aromatic carbocycles. The molecule has 0 aliphatic rings. The number of aromatic hydroxyl groups is 2. The summed E-state index contributed by atoms with van der Waals surface area (Å²) in [4.78, 5) is 11.3. The molecule has 0 saturated heterocycles. The van der Waals surface area contributed by atoms with E-state index >= 15 is 0 Å². The molecule has 0 amide bonds. The highest BCUT2D eigenvalue weighted by molar-refractivity contribution is 6.20. The zero-order valence-electron chi connectivity index (χ0n) is 9.95. The van der Waals surface area contributed by atoms with Gasteiger partial charge in [-0.3, -0.25) is 0 Å². The van der Waals surface area contributed by atoms with Crippen molar-refractivity contribution in [3.63, 3.8) is 0 Å². The summed E-state index contributed by atoms with van der Waals surface area (Å²) in [6.45, 7) is 0. The van der Waals surface area contributed by atoms with Gasteiger partial charge in [0.2, 0.25) is 0 Å². The summed E-state index contributed by atoms with van der Waals surface area (Å²) in [5.74, 6) is -1.74. The Morgan fingerprint density at radius 2 is 1.63 bits per heavy atom. The number of carboxylic acids is 1. The standard InChI is InChI=1S/C15H12O4/c16-13-7-6-11(9-14(13)17)12(15(18)19)8-10-4-2-1-3-5-10/h1-9,16-17H,(H,18,19). The van der Waals surface area contributed by atoms with Gasteiger partial charge >= 0.3 is 5.97 Å². The first-order valence-electron chi connectivity index (χ1n) is 5.60. The van der Waals surface area contributed by atoms with Crippen molar-refractivity contribution in [2.45, 2.75) is 0 Å². The van der Waals surface area contributed by atoms with Crippen LogP contribution in [0.5, 0.6) is 11.5 Å². The number of aliphatic carboxylic acids is 1. The number of hydrogen-bond donors (Lipinski definition) is 3. The summed E-state index contributed by atoms with van der Waals surface area (Å²) < 4.78 is 0. The number of benzene rings is 2. The van der Waals surface area contributed by atoms with E-state index in [4.69, 9.17) is 0 Å². The molecule has 0 aliphatic carbocycles. The lowest BCUT2D eigenvalue weighted by atomic mass is 10.0. The summed E-state index contributed by atoms with van der Waals surface area (Å²) in [6, 6.07) is 12.9. The van der Waals surface area contributed by atoms with Crippen LogP contribution in [0.15, 0.2) is 48.5 Å². The number of phenolic OH excluding ortho intramolecular Hbond substituents is 2. The van der Waals surface area contributed by atoms with Crippen LogP contribution in [-0.4, -0.2) is 21.3 Å². The highest BCUT2D eigenvalue weighted by Gasteiger charge is 2.12. The highest BCUT2D eigenvalue weighted by Crippen LogP contribution is 2.29. The zero-order valence-corrected chi connectivity index (χ0v) is 9.95. The van der Waals surface area contributed by atoms with Crippen molar-refractivity contribution in [3.8, 4) is 11.5 Å². The fourth-order valence-electron chi connectivity index (χ4n) is 1.68. The lowest BCUT2D eigenvalue weighted by molar-refractivity contribution is -0.130. The molecular formula is C15H12O4. The van der Waals surface area contributed by atoms with E-state index in [1.165, 1.54) is 24.3 Å². The van der Waals surface area contributed by atoms with Gasteiger partial charge in [0.15, 0.2) is 11.5 Å². The van der Waals surface area contributed by atoms with E-state index in [9.17, 15) is 20.1 Å². The number of carboxylic acid groups (broad SMARTS) is 1. The maximum absolute atomic E-state index is 11.3. The summed E-state index contributed by atoms with van der Waals surface area (Å²) in [6.07, 6.45) is 1.51. The lowest BCUT2D eigenvalue weighted by Crippen LogP contribution is -1.99. The molecule has 0 heterocycles. The van der Waals surface area contributed by atoms with Crippen molar-refractivity contribution in [3.05, 3.63) is 59.7 Å². The molecule has 0 atom stereocenters. The molecule has 2 aromatic rings. The molecule has 19 heavy (non-hydrogen) atoms. The van der Waals surface area contributed by atoms with Crippen LogP contribution in [0, 0.1) is 0 Å².